The lowest BCUT2D eigenvalue weighted by molar-refractivity contribution is -0.386. The molecule has 0 spiro atoms. The van der Waals surface area contributed by atoms with Crippen LogP contribution >= 0.6 is 0 Å². The highest BCUT2D eigenvalue weighted by Gasteiger charge is 2.73. The summed E-state index contributed by atoms with van der Waals surface area (Å²) in [5, 5.41) is 155. The van der Waals surface area contributed by atoms with Crippen LogP contribution in [0.15, 0.2) is 11.6 Å². The second kappa shape index (κ2) is 22.3. The summed E-state index contributed by atoms with van der Waals surface area (Å²) in [4.78, 5) is 24.9. The number of carboxylic acids is 1. The molecule has 30 atom stereocenters. The van der Waals surface area contributed by atoms with Gasteiger partial charge in [0.15, 0.2) is 37.4 Å². The van der Waals surface area contributed by atoms with Crippen molar-refractivity contribution in [2.45, 2.75) is 248 Å². The Morgan fingerprint density at radius 3 is 1.80 bits per heavy atom. The van der Waals surface area contributed by atoms with Crippen molar-refractivity contribution in [3.63, 3.8) is 0 Å². The number of aliphatic hydroxyl groups is 13. The van der Waals surface area contributed by atoms with Crippen molar-refractivity contribution in [1.29, 1.82) is 0 Å². The molecule has 4 saturated carbocycles. The molecule has 8 fully saturated rings. The second-order valence-corrected chi connectivity index (χ2v) is 26.6. The smallest absolute Gasteiger partial charge is 0.335 e. The Bertz CT molecular complexity index is 2270. The number of allylic oxidation sites excluding steroid dienone is 2. The van der Waals surface area contributed by atoms with Gasteiger partial charge in [0.2, 0.25) is 0 Å². The third-order valence-electron chi connectivity index (χ3n) is 21.7. The van der Waals surface area contributed by atoms with Crippen LogP contribution in [0.2, 0.25) is 0 Å². The Kier molecular flexibility index (Phi) is 17.4. The zero-order valence-corrected chi connectivity index (χ0v) is 46.9. The molecule has 4 heterocycles. The minimum Gasteiger partial charge on any atom is -0.479 e. The van der Waals surface area contributed by atoms with Crippen LogP contribution < -0.4 is 0 Å². The quantitative estimate of drug-likeness (QED) is 0.0523. The number of hydrogen-bond donors (Lipinski definition) is 14. The van der Waals surface area contributed by atoms with E-state index >= 15 is 0 Å². The summed E-state index contributed by atoms with van der Waals surface area (Å²) in [5.41, 5.74) is -3.59. The van der Waals surface area contributed by atoms with Crippen LogP contribution in [0.25, 0.3) is 0 Å². The molecular formula is C55H88O25. The highest BCUT2D eigenvalue weighted by atomic mass is 16.8. The first-order chi connectivity index (χ1) is 37.3. The van der Waals surface area contributed by atoms with E-state index in [1.54, 1.807) is 0 Å². The second-order valence-electron chi connectivity index (χ2n) is 26.6. The maximum Gasteiger partial charge on any atom is 0.335 e. The summed E-state index contributed by atoms with van der Waals surface area (Å²) < 4.78 is 54.1. The molecule has 0 aromatic carbocycles. The number of hydrogen-bond acceptors (Lipinski definition) is 24. The Morgan fingerprint density at radius 1 is 0.625 bits per heavy atom. The summed E-state index contributed by atoms with van der Waals surface area (Å²) in [6.45, 7) is 15.1. The zero-order chi connectivity index (χ0) is 58.9. The van der Waals surface area contributed by atoms with E-state index in [1.807, 2.05) is 27.7 Å². The largest absolute Gasteiger partial charge is 0.479 e. The average molecular weight is 1150 g/mol. The van der Waals surface area contributed by atoms with Gasteiger partial charge in [0.05, 0.1) is 55.8 Å². The molecule has 3 unspecified atom stereocenters. The minimum atomic E-state index is -2.11. The van der Waals surface area contributed by atoms with Gasteiger partial charge in [-0.1, -0.05) is 60.1 Å². The molecule has 9 rings (SSSR count). The fourth-order valence-electron chi connectivity index (χ4n) is 17.0. The Hall–Kier alpha value is -2.16. The highest BCUT2D eigenvalue weighted by Crippen LogP contribution is 2.76. The Morgan fingerprint density at radius 2 is 1.21 bits per heavy atom. The monoisotopic (exact) mass is 1150 g/mol. The van der Waals surface area contributed by atoms with Crippen LogP contribution in [0.1, 0.15) is 107 Å². The summed E-state index contributed by atoms with van der Waals surface area (Å²) in [6, 6.07) is 0. The van der Waals surface area contributed by atoms with E-state index in [4.69, 9.17) is 42.6 Å². The van der Waals surface area contributed by atoms with Gasteiger partial charge in [-0.2, -0.15) is 0 Å². The molecule has 4 saturated heterocycles. The molecular weight excluding hydrogens is 1060 g/mol. The first-order valence-electron chi connectivity index (χ1n) is 28.3. The number of esters is 1. The highest BCUT2D eigenvalue weighted by molar-refractivity contribution is 5.73. The predicted octanol–water partition coefficient (Wildman–Crippen LogP) is -2.32. The van der Waals surface area contributed by atoms with Crippen molar-refractivity contribution in [2.24, 2.45) is 50.2 Å². The normalized spacial score (nSPS) is 53.5. The lowest BCUT2D eigenvalue weighted by Gasteiger charge is -2.72. The van der Waals surface area contributed by atoms with Crippen LogP contribution in [-0.2, 0) is 52.2 Å². The first kappa shape index (κ1) is 62.4. The third kappa shape index (κ3) is 9.74. The van der Waals surface area contributed by atoms with Crippen LogP contribution in [-0.4, -0.2) is 244 Å². The molecule has 4 aliphatic heterocycles. The Labute approximate surface area is 464 Å². The van der Waals surface area contributed by atoms with Crippen molar-refractivity contribution >= 4 is 11.9 Å². The van der Waals surface area contributed by atoms with Crippen molar-refractivity contribution in [2.75, 3.05) is 19.8 Å². The zero-order valence-electron chi connectivity index (χ0n) is 46.9. The molecule has 14 N–H and O–H groups in total. The maximum atomic E-state index is 12.9. The van der Waals surface area contributed by atoms with Crippen LogP contribution in [0.3, 0.4) is 0 Å². The SMILES string of the molecule is CC(=O)O[C@@H]1[C@@H](O)[C@H](C)O[C@@H](O[C@H]2[C@H](O)[C@@]3(CO)C(CC2(C)C)C2=CCC4[C@@]5(C)CC[C@H](O[C@@H]6O[C@H](C(=O)O)[C@@H](O)[C@H](O[C@@H]7O[C@@H](CO)[C@H](O)[C@H]7O)[C@H]6O[C@@H]6O[C@H](CO)[C@H](O)[C@H](O)[C@H]6O)C(C)(C)C5CC[C@@]4(C)[C@]2(C)C[C@H]3O)[C@@H]1O. The van der Waals surface area contributed by atoms with Crippen molar-refractivity contribution in [1.82, 2.24) is 0 Å². The number of ether oxygens (including phenoxy) is 9. The predicted molar refractivity (Wildman–Crippen MR) is 270 cm³/mol. The van der Waals surface area contributed by atoms with Gasteiger partial charge in [-0.3, -0.25) is 4.79 Å². The number of carbonyl (C=O) groups excluding carboxylic acids is 1. The van der Waals surface area contributed by atoms with Gasteiger partial charge >= 0.3 is 11.9 Å². The Balaban J connectivity index is 0.996. The van der Waals surface area contributed by atoms with Crippen LogP contribution in [0.4, 0.5) is 0 Å². The van der Waals surface area contributed by atoms with E-state index in [0.29, 0.717) is 38.5 Å². The molecule has 0 aromatic heterocycles. The summed E-state index contributed by atoms with van der Waals surface area (Å²) >= 11 is 0. The lowest BCUT2D eigenvalue weighted by atomic mass is 9.33. The van der Waals surface area contributed by atoms with Crippen molar-refractivity contribution in [3.8, 4) is 0 Å². The molecule has 25 nitrogen and oxygen atoms in total. The van der Waals surface area contributed by atoms with Crippen LogP contribution in [0, 0.1) is 50.2 Å². The van der Waals surface area contributed by atoms with E-state index in [0.717, 1.165) is 12.5 Å². The molecule has 0 aromatic rings. The third-order valence-corrected chi connectivity index (χ3v) is 21.7. The molecule has 9 aliphatic rings. The van der Waals surface area contributed by atoms with Gasteiger partial charge in [-0.25, -0.2) is 4.79 Å². The molecule has 25 heteroatoms. The fourth-order valence-corrected chi connectivity index (χ4v) is 17.0. The van der Waals surface area contributed by atoms with Crippen LogP contribution in [0.5, 0.6) is 0 Å². The molecule has 5 aliphatic carbocycles. The summed E-state index contributed by atoms with van der Waals surface area (Å²) in [6.07, 6.45) is -30.9. The van der Waals surface area contributed by atoms with Gasteiger partial charge in [0, 0.05) is 6.92 Å². The summed E-state index contributed by atoms with van der Waals surface area (Å²) in [7, 11) is 0. The van der Waals surface area contributed by atoms with Crippen molar-refractivity contribution < 1.29 is 124 Å². The first-order valence-corrected chi connectivity index (χ1v) is 28.3. The molecule has 458 valence electrons. The van der Waals surface area contributed by atoms with E-state index in [-0.39, 0.29) is 18.3 Å². The number of carboxylic acid groups (broad SMARTS) is 1. The number of rotatable bonds is 13. The average Bonchev–Trinajstić information content (AvgIpc) is 2.07. The van der Waals surface area contributed by atoms with E-state index in [1.165, 1.54) is 6.92 Å². The number of aliphatic hydroxyl groups excluding tert-OH is 13. The number of fused-ring (bicyclic) bond motifs is 7. The van der Waals surface area contributed by atoms with Gasteiger partial charge in [-0.05, 0) is 96.7 Å². The van der Waals surface area contributed by atoms with E-state index in [9.17, 15) is 81.1 Å². The topological polar surface area (TPSA) is 400 Å². The van der Waals surface area contributed by atoms with E-state index in [2.05, 4.69) is 26.8 Å². The van der Waals surface area contributed by atoms with Crippen molar-refractivity contribution in [3.05, 3.63) is 11.6 Å². The molecule has 0 amide bonds. The van der Waals surface area contributed by atoms with Gasteiger partial charge in [-0.15, -0.1) is 0 Å². The molecule has 0 radical (unpaired) electrons. The molecule has 80 heavy (non-hydrogen) atoms. The maximum absolute atomic E-state index is 12.9. The van der Waals surface area contributed by atoms with Gasteiger partial charge < -0.3 is 114 Å². The number of carbonyl (C=O) groups is 2. The lowest BCUT2D eigenvalue weighted by Crippen LogP contribution is -2.72. The minimum absolute atomic E-state index is 0.00931. The standard InChI is InChI=1S/C55H88O25/c1-21-31(61)39(73-22(2)59)38(68)48(72-21)80-44-43(69)55(20-58)24(16-50(44,3)4)23-10-11-28-52(7)14-13-30(51(5,6)27(52)12-15-53(28,8)54(23,9)17-29(55)60)76-49-42(79-47-36(66)34(64)32(62)25(18-56)74-47)40(37(67)41(78-49)45(70)71)77-46-35(65)33(63)26(19-57)75-46/h10,21,24-44,46-49,56-58,60-69H,11-20H2,1-9H3,(H,70,71)/t21-,24?,25+,26-,27?,28?,29+,30-,31-,32-,33-,34-,35+,36+,37-,38+,39+,40-,41-,42+,43-,44-,46-,47-,48-,49+,52-,53+,54+,55-/m0/s1. The van der Waals surface area contributed by atoms with Gasteiger partial charge in [0.25, 0.3) is 0 Å². The molecule has 0 bridgehead atoms. The van der Waals surface area contributed by atoms with Gasteiger partial charge in [0.1, 0.15) is 73.2 Å². The fraction of sp³-hybridized carbons (Fsp3) is 0.927. The summed E-state index contributed by atoms with van der Waals surface area (Å²) in [5.74, 6) is -2.97. The number of aliphatic carboxylic acids is 1. The van der Waals surface area contributed by atoms with E-state index < -0.39 is 211 Å².